The molecule has 22 heavy (non-hydrogen) atoms. The first-order chi connectivity index (χ1) is 10.7. The Bertz CT molecular complexity index is 634. The minimum Gasteiger partial charge on any atom is -0.343 e. The number of benzene rings is 1. The van der Waals surface area contributed by atoms with Gasteiger partial charge in [-0.1, -0.05) is 30.3 Å². The third kappa shape index (κ3) is 3.50. The molecule has 0 atom stereocenters. The zero-order valence-electron chi connectivity index (χ0n) is 12.9. The molecule has 1 aliphatic rings. The number of hydrogen-bond donors (Lipinski definition) is 0. The van der Waals surface area contributed by atoms with Gasteiger partial charge >= 0.3 is 0 Å². The van der Waals surface area contributed by atoms with Gasteiger partial charge in [-0.25, -0.2) is 4.98 Å². The number of aromatic nitrogens is 2. The Balaban J connectivity index is 1.66. The molecule has 0 N–H and O–H groups in total. The van der Waals surface area contributed by atoms with Crippen molar-refractivity contribution in [1.29, 1.82) is 0 Å². The van der Waals surface area contributed by atoms with E-state index in [0.29, 0.717) is 5.92 Å². The van der Waals surface area contributed by atoms with Crippen LogP contribution in [0.3, 0.4) is 0 Å². The Morgan fingerprint density at radius 3 is 2.59 bits per heavy atom. The molecule has 2 aromatic rings. The number of carbonyl (C=O) groups excluding carboxylic acids is 1. The minimum atomic E-state index is 0.185. The summed E-state index contributed by atoms with van der Waals surface area (Å²) in [6, 6.07) is 10.1. The number of rotatable bonds is 3. The molecule has 0 spiro atoms. The molecule has 0 aliphatic carbocycles. The Morgan fingerprint density at radius 1 is 1.18 bits per heavy atom. The van der Waals surface area contributed by atoms with Gasteiger partial charge in [-0.05, 0) is 25.2 Å². The Kier molecular flexibility index (Phi) is 4.47. The summed E-state index contributed by atoms with van der Waals surface area (Å²) in [6.45, 7) is 3.38. The standard InChI is InChI=1S/C18H21N3O/c1-14(22)21-9-7-15(8-10-21)11-17-12-19-13-18(20-17)16-5-3-2-4-6-16/h2-6,12-13,15H,7-11H2,1H3. The quantitative estimate of drug-likeness (QED) is 0.874. The monoisotopic (exact) mass is 295 g/mol. The summed E-state index contributed by atoms with van der Waals surface area (Å²) in [5.74, 6) is 0.778. The minimum absolute atomic E-state index is 0.185. The van der Waals surface area contributed by atoms with Gasteiger partial charge < -0.3 is 4.90 Å². The molecule has 0 saturated carbocycles. The van der Waals surface area contributed by atoms with Gasteiger partial charge in [0.05, 0.1) is 17.6 Å². The molecule has 0 bridgehead atoms. The van der Waals surface area contributed by atoms with Crippen molar-refractivity contribution in [2.45, 2.75) is 26.2 Å². The first kappa shape index (κ1) is 14.7. The van der Waals surface area contributed by atoms with E-state index in [9.17, 15) is 4.79 Å². The lowest BCUT2D eigenvalue weighted by atomic mass is 9.92. The van der Waals surface area contributed by atoms with Crippen LogP contribution in [0.15, 0.2) is 42.7 Å². The molecule has 1 amide bonds. The summed E-state index contributed by atoms with van der Waals surface area (Å²) in [5.41, 5.74) is 3.07. The lowest BCUT2D eigenvalue weighted by molar-refractivity contribution is -0.130. The fourth-order valence-electron chi connectivity index (χ4n) is 3.00. The highest BCUT2D eigenvalue weighted by Crippen LogP contribution is 2.22. The van der Waals surface area contributed by atoms with E-state index >= 15 is 0 Å². The van der Waals surface area contributed by atoms with Crippen molar-refractivity contribution in [2.75, 3.05) is 13.1 Å². The van der Waals surface area contributed by atoms with Crippen LogP contribution < -0.4 is 0 Å². The summed E-state index contributed by atoms with van der Waals surface area (Å²) in [7, 11) is 0. The largest absolute Gasteiger partial charge is 0.343 e. The Labute approximate surface area is 131 Å². The molecule has 0 radical (unpaired) electrons. The van der Waals surface area contributed by atoms with Gasteiger partial charge in [0.2, 0.25) is 5.91 Å². The number of carbonyl (C=O) groups is 1. The maximum atomic E-state index is 11.4. The summed E-state index contributed by atoms with van der Waals surface area (Å²) in [4.78, 5) is 22.4. The van der Waals surface area contributed by atoms with E-state index in [1.165, 1.54) is 0 Å². The van der Waals surface area contributed by atoms with E-state index in [4.69, 9.17) is 4.98 Å². The van der Waals surface area contributed by atoms with Crippen LogP contribution in [0, 0.1) is 5.92 Å². The molecule has 4 nitrogen and oxygen atoms in total. The first-order valence-electron chi connectivity index (χ1n) is 7.84. The molecule has 1 saturated heterocycles. The summed E-state index contributed by atoms with van der Waals surface area (Å²) >= 11 is 0. The van der Waals surface area contributed by atoms with Gasteiger partial charge in [-0.2, -0.15) is 0 Å². The van der Waals surface area contributed by atoms with E-state index in [0.717, 1.165) is 49.3 Å². The predicted octanol–water partition coefficient (Wildman–Crippen LogP) is 2.94. The first-order valence-corrected chi connectivity index (χ1v) is 7.84. The highest BCUT2D eigenvalue weighted by Gasteiger charge is 2.21. The zero-order valence-corrected chi connectivity index (χ0v) is 12.9. The molecule has 114 valence electrons. The molecule has 2 heterocycles. The van der Waals surface area contributed by atoms with E-state index in [1.54, 1.807) is 6.92 Å². The van der Waals surface area contributed by atoms with E-state index in [1.807, 2.05) is 35.5 Å². The molecule has 3 rings (SSSR count). The van der Waals surface area contributed by atoms with Gasteiger partial charge in [-0.3, -0.25) is 9.78 Å². The second-order valence-corrected chi connectivity index (χ2v) is 5.92. The SMILES string of the molecule is CC(=O)N1CCC(Cc2cncc(-c3ccccc3)n2)CC1. The fraction of sp³-hybridized carbons (Fsp3) is 0.389. The Hall–Kier alpha value is -2.23. The van der Waals surface area contributed by atoms with Crippen molar-refractivity contribution in [1.82, 2.24) is 14.9 Å². The topological polar surface area (TPSA) is 46.1 Å². The van der Waals surface area contributed by atoms with E-state index in [2.05, 4.69) is 17.1 Å². The molecular formula is C18H21N3O. The zero-order chi connectivity index (χ0) is 15.4. The molecule has 1 aromatic carbocycles. The predicted molar refractivity (Wildman–Crippen MR) is 86.2 cm³/mol. The van der Waals surface area contributed by atoms with Crippen molar-refractivity contribution in [3.63, 3.8) is 0 Å². The average molecular weight is 295 g/mol. The molecule has 1 aliphatic heterocycles. The number of nitrogens with zero attached hydrogens (tertiary/aromatic N) is 3. The van der Waals surface area contributed by atoms with Gasteiger partial charge in [0.25, 0.3) is 0 Å². The molecular weight excluding hydrogens is 274 g/mol. The number of amides is 1. The fourth-order valence-corrected chi connectivity index (χ4v) is 3.00. The van der Waals surface area contributed by atoms with Gasteiger partial charge in [0.15, 0.2) is 0 Å². The van der Waals surface area contributed by atoms with Crippen molar-refractivity contribution in [3.8, 4) is 11.3 Å². The number of hydrogen-bond acceptors (Lipinski definition) is 3. The third-order valence-corrected chi connectivity index (χ3v) is 4.31. The van der Waals surface area contributed by atoms with Crippen LogP contribution in [0.2, 0.25) is 0 Å². The lowest BCUT2D eigenvalue weighted by Crippen LogP contribution is -2.37. The van der Waals surface area contributed by atoms with Gasteiger partial charge in [-0.15, -0.1) is 0 Å². The highest BCUT2D eigenvalue weighted by molar-refractivity contribution is 5.73. The van der Waals surface area contributed by atoms with Crippen LogP contribution in [0.1, 0.15) is 25.5 Å². The van der Waals surface area contributed by atoms with Crippen molar-refractivity contribution >= 4 is 5.91 Å². The van der Waals surface area contributed by atoms with Crippen molar-refractivity contribution in [3.05, 3.63) is 48.4 Å². The maximum Gasteiger partial charge on any atom is 0.219 e. The van der Waals surface area contributed by atoms with Crippen LogP contribution in [0.25, 0.3) is 11.3 Å². The second kappa shape index (κ2) is 6.69. The highest BCUT2D eigenvalue weighted by atomic mass is 16.2. The van der Waals surface area contributed by atoms with Crippen LogP contribution in [0.5, 0.6) is 0 Å². The molecule has 1 aromatic heterocycles. The van der Waals surface area contributed by atoms with Crippen LogP contribution in [-0.2, 0) is 11.2 Å². The number of likely N-dealkylation sites (tertiary alicyclic amines) is 1. The summed E-state index contributed by atoms with van der Waals surface area (Å²) in [5, 5.41) is 0. The van der Waals surface area contributed by atoms with Gasteiger partial charge in [0, 0.05) is 31.8 Å². The third-order valence-electron chi connectivity index (χ3n) is 4.31. The normalized spacial score (nSPS) is 15.8. The van der Waals surface area contributed by atoms with Crippen LogP contribution in [-0.4, -0.2) is 33.9 Å². The van der Waals surface area contributed by atoms with Crippen molar-refractivity contribution < 1.29 is 4.79 Å². The van der Waals surface area contributed by atoms with E-state index < -0.39 is 0 Å². The average Bonchev–Trinajstić information content (AvgIpc) is 2.56. The molecule has 1 fully saturated rings. The summed E-state index contributed by atoms with van der Waals surface area (Å²) < 4.78 is 0. The second-order valence-electron chi connectivity index (χ2n) is 5.92. The van der Waals surface area contributed by atoms with E-state index in [-0.39, 0.29) is 5.91 Å². The molecule has 4 heteroatoms. The smallest absolute Gasteiger partial charge is 0.219 e. The van der Waals surface area contributed by atoms with Gasteiger partial charge in [0.1, 0.15) is 0 Å². The van der Waals surface area contributed by atoms with Crippen LogP contribution >= 0.6 is 0 Å². The summed E-state index contributed by atoms with van der Waals surface area (Å²) in [6.07, 6.45) is 6.73. The van der Waals surface area contributed by atoms with Crippen LogP contribution in [0.4, 0.5) is 0 Å². The lowest BCUT2D eigenvalue weighted by Gasteiger charge is -2.31. The molecule has 0 unspecified atom stereocenters. The maximum absolute atomic E-state index is 11.4. The van der Waals surface area contributed by atoms with Crippen molar-refractivity contribution in [2.24, 2.45) is 5.92 Å². The Morgan fingerprint density at radius 2 is 1.91 bits per heavy atom. The number of piperidine rings is 1.